The first-order chi connectivity index (χ1) is 12.2. The predicted molar refractivity (Wildman–Crippen MR) is 109 cm³/mol. The van der Waals surface area contributed by atoms with Crippen LogP contribution in [0.5, 0.6) is 11.5 Å². The van der Waals surface area contributed by atoms with Crippen molar-refractivity contribution in [3.63, 3.8) is 0 Å². The van der Waals surface area contributed by atoms with Crippen LogP contribution in [0.3, 0.4) is 0 Å². The molecule has 2 aromatic carbocycles. The molecule has 0 aliphatic carbocycles. The number of rotatable bonds is 2. The Hall–Kier alpha value is -2.60. The fourth-order valence-electron chi connectivity index (χ4n) is 2.90. The molecule has 0 bridgehead atoms. The third-order valence-corrected chi connectivity index (χ3v) is 4.38. The first-order valence-corrected chi connectivity index (χ1v) is 8.87. The maximum absolute atomic E-state index is 9.80. The second-order valence-corrected chi connectivity index (χ2v) is 7.57. The summed E-state index contributed by atoms with van der Waals surface area (Å²) in [6.07, 6.45) is 0.600. The number of hydrogen-bond acceptors (Lipinski definition) is 4. The number of anilines is 1. The number of aryl methyl sites for hydroxylation is 2. The summed E-state index contributed by atoms with van der Waals surface area (Å²) in [4.78, 5) is 0. The maximum Gasteiger partial charge on any atom is 0.191 e. The maximum atomic E-state index is 9.80. The molecule has 6 heteroatoms. The second kappa shape index (κ2) is 6.96. The van der Waals surface area contributed by atoms with Gasteiger partial charge in [0, 0.05) is 17.7 Å². The number of benzene rings is 2. The minimum Gasteiger partial charge on any atom is -0.508 e. The largest absolute Gasteiger partial charge is 0.508 e. The summed E-state index contributed by atoms with van der Waals surface area (Å²) in [5, 5.41) is 17.9. The molecule has 0 aromatic heterocycles. The number of phenols is 1. The molecular weight excluding hydrogens is 346 g/mol. The molecule has 136 valence electrons. The van der Waals surface area contributed by atoms with Gasteiger partial charge in [0.15, 0.2) is 5.11 Å². The van der Waals surface area contributed by atoms with Crippen molar-refractivity contribution in [2.45, 2.75) is 39.7 Å². The van der Waals surface area contributed by atoms with Gasteiger partial charge < -0.3 is 15.2 Å². The summed E-state index contributed by atoms with van der Waals surface area (Å²) in [6, 6.07) is 11.2. The zero-order valence-electron chi connectivity index (χ0n) is 15.4. The second-order valence-electron chi connectivity index (χ2n) is 7.16. The van der Waals surface area contributed by atoms with Gasteiger partial charge in [-0.15, -0.1) is 0 Å². The Bertz CT molecular complexity index is 891. The summed E-state index contributed by atoms with van der Waals surface area (Å²) in [5.74, 6) is 0.879. The first kappa shape index (κ1) is 18.2. The number of aromatic hydroxyl groups is 1. The molecule has 0 saturated heterocycles. The highest BCUT2D eigenvalue weighted by Crippen LogP contribution is 2.35. The van der Waals surface area contributed by atoms with Crippen molar-refractivity contribution in [2.24, 2.45) is 5.10 Å². The Morgan fingerprint density at radius 2 is 1.96 bits per heavy atom. The lowest BCUT2D eigenvalue weighted by molar-refractivity contribution is 0.111. The lowest BCUT2D eigenvalue weighted by atomic mass is 9.92. The fraction of sp³-hybridized carbons (Fsp3) is 0.300. The first-order valence-electron chi connectivity index (χ1n) is 8.47. The van der Waals surface area contributed by atoms with Crippen molar-refractivity contribution < 1.29 is 9.84 Å². The molecular formula is C20H23N3O2S. The van der Waals surface area contributed by atoms with Crippen LogP contribution in [0.2, 0.25) is 0 Å². The van der Waals surface area contributed by atoms with Crippen LogP contribution >= 0.6 is 12.2 Å². The number of hydrazone groups is 1. The van der Waals surface area contributed by atoms with E-state index >= 15 is 0 Å². The van der Waals surface area contributed by atoms with E-state index in [0.29, 0.717) is 17.3 Å². The minimum absolute atomic E-state index is 0.177. The fourth-order valence-corrected chi connectivity index (χ4v) is 3.06. The third-order valence-electron chi connectivity index (χ3n) is 4.19. The Balaban J connectivity index is 1.80. The lowest BCUT2D eigenvalue weighted by Crippen LogP contribution is -2.37. The van der Waals surface area contributed by atoms with Crippen LogP contribution < -0.4 is 15.5 Å². The van der Waals surface area contributed by atoms with Crippen LogP contribution in [0.1, 0.15) is 37.0 Å². The van der Waals surface area contributed by atoms with Crippen molar-refractivity contribution in [1.82, 2.24) is 5.43 Å². The van der Waals surface area contributed by atoms with E-state index in [1.54, 1.807) is 18.2 Å². The SMILES string of the molecule is Cc1ccc(C)c(NC(=S)NN=C2CC(C)(C)Oc3ccc(O)cc32)c1. The summed E-state index contributed by atoms with van der Waals surface area (Å²) in [6.45, 7) is 8.07. The molecule has 0 spiro atoms. The van der Waals surface area contributed by atoms with E-state index in [1.807, 2.05) is 39.8 Å². The van der Waals surface area contributed by atoms with Crippen molar-refractivity contribution in [2.75, 3.05) is 5.32 Å². The van der Waals surface area contributed by atoms with Crippen molar-refractivity contribution in [3.8, 4) is 11.5 Å². The van der Waals surface area contributed by atoms with Crippen LogP contribution in [0.25, 0.3) is 0 Å². The molecule has 0 fully saturated rings. The minimum atomic E-state index is -0.382. The van der Waals surface area contributed by atoms with Gasteiger partial charge in [-0.1, -0.05) is 12.1 Å². The van der Waals surface area contributed by atoms with Gasteiger partial charge in [0.25, 0.3) is 0 Å². The van der Waals surface area contributed by atoms with Crippen molar-refractivity contribution in [3.05, 3.63) is 53.1 Å². The molecule has 1 aliphatic rings. The summed E-state index contributed by atoms with van der Waals surface area (Å²) < 4.78 is 5.97. The standard InChI is InChI=1S/C20H23N3O2S/c1-12-5-6-13(2)16(9-12)21-19(26)23-22-17-11-20(3,4)25-18-8-7-14(24)10-15(17)18/h5-10,24H,11H2,1-4H3,(H2,21,23,26). The molecule has 0 unspecified atom stereocenters. The molecule has 2 aromatic rings. The van der Waals surface area contributed by atoms with Crippen LogP contribution in [-0.4, -0.2) is 21.5 Å². The summed E-state index contributed by atoms with van der Waals surface area (Å²) >= 11 is 5.38. The number of ether oxygens (including phenoxy) is 1. The Kier molecular flexibility index (Phi) is 4.87. The molecule has 1 aliphatic heterocycles. The molecule has 1 heterocycles. The van der Waals surface area contributed by atoms with Gasteiger partial charge in [-0.3, -0.25) is 5.43 Å². The molecule has 5 nitrogen and oxygen atoms in total. The molecule has 3 rings (SSSR count). The molecule has 0 radical (unpaired) electrons. The highest BCUT2D eigenvalue weighted by Gasteiger charge is 2.31. The van der Waals surface area contributed by atoms with Gasteiger partial charge in [0.1, 0.15) is 17.1 Å². The van der Waals surface area contributed by atoms with Crippen LogP contribution in [0.4, 0.5) is 5.69 Å². The van der Waals surface area contributed by atoms with E-state index in [-0.39, 0.29) is 11.4 Å². The number of fused-ring (bicyclic) bond motifs is 1. The molecule has 3 N–H and O–H groups in total. The van der Waals surface area contributed by atoms with Crippen LogP contribution in [-0.2, 0) is 0 Å². The third kappa shape index (κ3) is 4.14. The zero-order valence-corrected chi connectivity index (χ0v) is 16.2. The number of hydrogen-bond donors (Lipinski definition) is 3. The van der Waals surface area contributed by atoms with E-state index in [4.69, 9.17) is 17.0 Å². The predicted octanol–water partition coefficient (Wildman–Crippen LogP) is 4.26. The van der Waals surface area contributed by atoms with Crippen LogP contribution in [0.15, 0.2) is 41.5 Å². The van der Waals surface area contributed by atoms with Gasteiger partial charge in [0.2, 0.25) is 0 Å². The molecule has 0 saturated carbocycles. The van der Waals surface area contributed by atoms with Gasteiger partial charge >= 0.3 is 0 Å². The molecule has 26 heavy (non-hydrogen) atoms. The quantitative estimate of drug-likeness (QED) is 0.545. The number of nitrogens with zero attached hydrogens (tertiary/aromatic N) is 1. The zero-order chi connectivity index (χ0) is 18.9. The van der Waals surface area contributed by atoms with Crippen molar-refractivity contribution in [1.29, 1.82) is 0 Å². The topological polar surface area (TPSA) is 65.9 Å². The van der Waals surface area contributed by atoms with Gasteiger partial charge in [-0.05, 0) is 75.3 Å². The molecule has 0 atom stereocenters. The lowest BCUT2D eigenvalue weighted by Gasteiger charge is -2.33. The average molecular weight is 369 g/mol. The van der Waals surface area contributed by atoms with Crippen LogP contribution in [0, 0.1) is 13.8 Å². The number of thiocarbonyl (C=S) groups is 1. The monoisotopic (exact) mass is 369 g/mol. The summed E-state index contributed by atoms with van der Waals surface area (Å²) in [7, 11) is 0. The highest BCUT2D eigenvalue weighted by atomic mass is 32.1. The van der Waals surface area contributed by atoms with E-state index in [2.05, 4.69) is 21.9 Å². The smallest absolute Gasteiger partial charge is 0.191 e. The highest BCUT2D eigenvalue weighted by molar-refractivity contribution is 7.80. The Morgan fingerprint density at radius 1 is 1.19 bits per heavy atom. The van der Waals surface area contributed by atoms with Crippen molar-refractivity contribution >= 4 is 28.7 Å². The van der Waals surface area contributed by atoms with E-state index in [0.717, 1.165) is 28.1 Å². The average Bonchev–Trinajstić information content (AvgIpc) is 2.56. The number of nitrogens with one attached hydrogen (secondary N) is 2. The van der Waals surface area contributed by atoms with Gasteiger partial charge in [-0.25, -0.2) is 0 Å². The van der Waals surface area contributed by atoms with Gasteiger partial charge in [-0.2, -0.15) is 5.10 Å². The Morgan fingerprint density at radius 3 is 2.73 bits per heavy atom. The van der Waals surface area contributed by atoms with E-state index in [9.17, 15) is 5.11 Å². The molecule has 0 amide bonds. The summed E-state index contributed by atoms with van der Waals surface area (Å²) in [5.41, 5.74) is 7.31. The Labute approximate surface area is 159 Å². The van der Waals surface area contributed by atoms with E-state index in [1.165, 1.54) is 0 Å². The normalized spacial score (nSPS) is 16.5. The van der Waals surface area contributed by atoms with E-state index < -0.39 is 0 Å². The number of phenolic OH excluding ortho intramolecular Hbond substituents is 1. The van der Waals surface area contributed by atoms with Gasteiger partial charge in [0.05, 0.1) is 5.71 Å².